The lowest BCUT2D eigenvalue weighted by Crippen LogP contribution is -2.27. The fourth-order valence-electron chi connectivity index (χ4n) is 2.50. The van der Waals surface area contributed by atoms with Crippen LogP contribution in [-0.2, 0) is 6.54 Å². The van der Waals surface area contributed by atoms with E-state index in [1.165, 1.54) is 29.8 Å². The van der Waals surface area contributed by atoms with Crippen LogP contribution in [-0.4, -0.2) is 36.1 Å². The molecule has 1 aliphatic rings. The van der Waals surface area contributed by atoms with Gasteiger partial charge in [0, 0.05) is 30.6 Å². The maximum Gasteiger partial charge on any atom is 0.123 e. The van der Waals surface area contributed by atoms with Gasteiger partial charge >= 0.3 is 0 Å². The number of hydrogen-bond acceptors (Lipinski definition) is 4. The van der Waals surface area contributed by atoms with E-state index in [9.17, 15) is 0 Å². The van der Waals surface area contributed by atoms with Gasteiger partial charge < -0.3 is 5.32 Å². The zero-order chi connectivity index (χ0) is 13.8. The molecule has 3 nitrogen and oxygen atoms in total. The number of aromatic nitrogens is 1. The fourth-order valence-corrected chi connectivity index (χ4v) is 3.31. The summed E-state index contributed by atoms with van der Waals surface area (Å²) in [7, 11) is 0. The topological polar surface area (TPSA) is 28.2 Å². The minimum Gasteiger partial charge on any atom is -0.315 e. The summed E-state index contributed by atoms with van der Waals surface area (Å²) in [4.78, 5) is 7.29. The predicted octanol–water partition coefficient (Wildman–Crippen LogP) is 3.34. The first-order valence-electron chi connectivity index (χ1n) is 7.26. The van der Waals surface area contributed by atoms with Crippen LogP contribution in [0, 0.1) is 6.92 Å². The molecule has 2 aromatic rings. The van der Waals surface area contributed by atoms with Gasteiger partial charge in [-0.2, -0.15) is 0 Å². The first-order valence-corrected chi connectivity index (χ1v) is 8.14. The van der Waals surface area contributed by atoms with Crippen LogP contribution in [0.5, 0.6) is 0 Å². The molecule has 2 heterocycles. The zero-order valence-corrected chi connectivity index (χ0v) is 14.0. The van der Waals surface area contributed by atoms with Crippen molar-refractivity contribution in [3.8, 4) is 10.6 Å². The summed E-state index contributed by atoms with van der Waals surface area (Å²) in [5, 5.41) is 6.77. The molecule has 0 atom stereocenters. The lowest BCUT2D eigenvalue weighted by molar-refractivity contribution is 0.281. The van der Waals surface area contributed by atoms with E-state index in [1.807, 2.05) is 0 Å². The molecule has 114 valence electrons. The smallest absolute Gasteiger partial charge is 0.123 e. The molecule has 0 bridgehead atoms. The molecule has 0 aliphatic carbocycles. The predicted molar refractivity (Wildman–Crippen MR) is 92.3 cm³/mol. The molecule has 3 rings (SSSR count). The van der Waals surface area contributed by atoms with Crippen molar-refractivity contribution in [3.63, 3.8) is 0 Å². The molecule has 1 aromatic heterocycles. The van der Waals surface area contributed by atoms with Crippen molar-refractivity contribution in [1.29, 1.82) is 0 Å². The summed E-state index contributed by atoms with van der Waals surface area (Å²) in [5.74, 6) is 0. The van der Waals surface area contributed by atoms with Gasteiger partial charge in [-0.25, -0.2) is 4.98 Å². The van der Waals surface area contributed by atoms with Crippen molar-refractivity contribution < 1.29 is 0 Å². The van der Waals surface area contributed by atoms with Crippen LogP contribution in [0.4, 0.5) is 0 Å². The second kappa shape index (κ2) is 7.90. The summed E-state index contributed by atoms with van der Waals surface area (Å²) in [6.07, 6.45) is 1.23. The Labute approximate surface area is 136 Å². The van der Waals surface area contributed by atoms with Gasteiger partial charge in [-0.05, 0) is 26.4 Å². The van der Waals surface area contributed by atoms with Crippen molar-refractivity contribution >= 4 is 23.7 Å². The molecule has 0 unspecified atom stereocenters. The van der Waals surface area contributed by atoms with Crippen LogP contribution < -0.4 is 5.32 Å². The van der Waals surface area contributed by atoms with Crippen molar-refractivity contribution in [2.75, 3.05) is 26.2 Å². The van der Waals surface area contributed by atoms with Gasteiger partial charge in [-0.3, -0.25) is 4.90 Å². The van der Waals surface area contributed by atoms with E-state index in [2.05, 4.69) is 46.8 Å². The zero-order valence-electron chi connectivity index (χ0n) is 12.3. The highest BCUT2D eigenvalue weighted by atomic mass is 35.5. The van der Waals surface area contributed by atoms with Crippen molar-refractivity contribution in [1.82, 2.24) is 15.2 Å². The minimum absolute atomic E-state index is 0. The SMILES string of the molecule is Cc1ccc(-c2nc(CN3CCCNCC3)cs2)cc1.Cl. The van der Waals surface area contributed by atoms with Gasteiger partial charge in [-0.15, -0.1) is 23.7 Å². The summed E-state index contributed by atoms with van der Waals surface area (Å²) in [6.45, 7) is 7.62. The third kappa shape index (κ3) is 4.51. The van der Waals surface area contributed by atoms with E-state index in [1.54, 1.807) is 11.3 Å². The average molecular weight is 324 g/mol. The highest BCUT2D eigenvalue weighted by molar-refractivity contribution is 7.13. The largest absolute Gasteiger partial charge is 0.315 e. The van der Waals surface area contributed by atoms with Crippen LogP contribution in [0.1, 0.15) is 17.7 Å². The van der Waals surface area contributed by atoms with Crippen LogP contribution in [0.15, 0.2) is 29.6 Å². The van der Waals surface area contributed by atoms with E-state index < -0.39 is 0 Å². The summed E-state index contributed by atoms with van der Waals surface area (Å²) in [6, 6.07) is 8.62. The Balaban J connectivity index is 0.00000161. The third-order valence-electron chi connectivity index (χ3n) is 3.67. The number of benzene rings is 1. The molecule has 5 heteroatoms. The van der Waals surface area contributed by atoms with E-state index in [0.717, 1.165) is 31.2 Å². The van der Waals surface area contributed by atoms with Gasteiger partial charge in [-0.1, -0.05) is 29.8 Å². The molecule has 1 fully saturated rings. The molecule has 0 amide bonds. The Kier molecular flexibility index (Phi) is 6.18. The second-order valence-electron chi connectivity index (χ2n) is 5.39. The van der Waals surface area contributed by atoms with Gasteiger partial charge in [0.25, 0.3) is 0 Å². The molecule has 21 heavy (non-hydrogen) atoms. The Morgan fingerprint density at radius 2 is 2.00 bits per heavy atom. The van der Waals surface area contributed by atoms with Gasteiger partial charge in [0.05, 0.1) is 5.69 Å². The molecular weight excluding hydrogens is 302 g/mol. The van der Waals surface area contributed by atoms with Gasteiger partial charge in [0.2, 0.25) is 0 Å². The lowest BCUT2D eigenvalue weighted by atomic mass is 10.2. The molecule has 0 spiro atoms. The van der Waals surface area contributed by atoms with E-state index in [4.69, 9.17) is 4.98 Å². The number of aryl methyl sites for hydroxylation is 1. The highest BCUT2D eigenvalue weighted by Gasteiger charge is 2.11. The summed E-state index contributed by atoms with van der Waals surface area (Å²) < 4.78 is 0. The third-order valence-corrected chi connectivity index (χ3v) is 4.61. The quantitative estimate of drug-likeness (QED) is 0.939. The normalized spacial score (nSPS) is 16.2. The average Bonchev–Trinajstić information content (AvgIpc) is 2.76. The molecule has 0 radical (unpaired) electrons. The maximum absolute atomic E-state index is 4.79. The van der Waals surface area contributed by atoms with Gasteiger partial charge in [0.1, 0.15) is 5.01 Å². The first kappa shape index (κ1) is 16.4. The van der Waals surface area contributed by atoms with Crippen molar-refractivity contribution in [2.45, 2.75) is 19.9 Å². The second-order valence-corrected chi connectivity index (χ2v) is 6.25. The minimum atomic E-state index is 0. The van der Waals surface area contributed by atoms with Crippen LogP contribution in [0.3, 0.4) is 0 Å². The molecule has 1 aliphatic heterocycles. The molecule has 1 saturated heterocycles. The number of hydrogen-bond donors (Lipinski definition) is 1. The number of nitrogens with one attached hydrogen (secondary N) is 1. The van der Waals surface area contributed by atoms with Gasteiger partial charge in [0.15, 0.2) is 0 Å². The number of rotatable bonds is 3. The molecule has 1 aromatic carbocycles. The number of thiazole rings is 1. The lowest BCUT2D eigenvalue weighted by Gasteiger charge is -2.17. The Hall–Kier alpha value is -0.940. The van der Waals surface area contributed by atoms with E-state index in [0.29, 0.717) is 0 Å². The summed E-state index contributed by atoms with van der Waals surface area (Å²) >= 11 is 1.75. The van der Waals surface area contributed by atoms with Crippen molar-refractivity contribution in [2.24, 2.45) is 0 Å². The Morgan fingerprint density at radius 3 is 2.81 bits per heavy atom. The highest BCUT2D eigenvalue weighted by Crippen LogP contribution is 2.24. The number of halogens is 1. The maximum atomic E-state index is 4.79. The van der Waals surface area contributed by atoms with Crippen LogP contribution in [0.2, 0.25) is 0 Å². The van der Waals surface area contributed by atoms with E-state index >= 15 is 0 Å². The Morgan fingerprint density at radius 1 is 1.19 bits per heavy atom. The molecular formula is C16H22ClN3S. The Bertz CT molecular complexity index is 545. The van der Waals surface area contributed by atoms with Crippen molar-refractivity contribution in [3.05, 3.63) is 40.9 Å². The molecule has 1 N–H and O–H groups in total. The van der Waals surface area contributed by atoms with Crippen LogP contribution in [0.25, 0.3) is 10.6 Å². The first-order chi connectivity index (χ1) is 9.81. The fraction of sp³-hybridized carbons (Fsp3) is 0.438. The molecule has 0 saturated carbocycles. The monoisotopic (exact) mass is 323 g/mol. The summed E-state index contributed by atoms with van der Waals surface area (Å²) in [5.41, 5.74) is 3.72. The van der Waals surface area contributed by atoms with Crippen LogP contribution >= 0.6 is 23.7 Å². The number of nitrogens with zero attached hydrogens (tertiary/aromatic N) is 2. The van der Waals surface area contributed by atoms with E-state index in [-0.39, 0.29) is 12.4 Å². The standard InChI is InChI=1S/C16H21N3S.ClH/c1-13-3-5-14(6-4-13)16-18-15(12-20-16)11-19-9-2-7-17-8-10-19;/h3-6,12,17H,2,7-11H2,1H3;1H.